The predicted octanol–water partition coefficient (Wildman–Crippen LogP) is 2.25. The molecule has 2 saturated heterocycles. The molecule has 2 heteroatoms. The Morgan fingerprint density at radius 1 is 1.12 bits per heavy atom. The van der Waals surface area contributed by atoms with E-state index in [2.05, 4.69) is 10.2 Å². The van der Waals surface area contributed by atoms with Crippen LogP contribution in [0.15, 0.2) is 0 Å². The molecule has 3 fully saturated rings. The monoisotopic (exact) mass is 222 g/mol. The fraction of sp³-hybridized carbons (Fsp3) is 1.00. The predicted molar refractivity (Wildman–Crippen MR) is 67.6 cm³/mol. The van der Waals surface area contributed by atoms with Crippen LogP contribution >= 0.6 is 0 Å². The average Bonchev–Trinajstić information content (AvgIpc) is 2.85. The maximum atomic E-state index is 3.61. The van der Waals surface area contributed by atoms with E-state index in [0.717, 1.165) is 5.92 Å². The SMILES string of the molecule is C1CC(CC2(CN3CCCC3)CCNC2)C1. The van der Waals surface area contributed by atoms with Crippen LogP contribution in [-0.2, 0) is 0 Å². The highest BCUT2D eigenvalue weighted by Crippen LogP contribution is 2.41. The molecule has 0 aromatic rings. The summed E-state index contributed by atoms with van der Waals surface area (Å²) in [7, 11) is 0. The lowest BCUT2D eigenvalue weighted by Gasteiger charge is -2.39. The molecule has 1 unspecified atom stereocenters. The zero-order valence-electron chi connectivity index (χ0n) is 10.5. The Kier molecular flexibility index (Phi) is 3.21. The van der Waals surface area contributed by atoms with Crippen LogP contribution in [0, 0.1) is 11.3 Å². The Bertz CT molecular complexity index is 223. The first-order valence-corrected chi connectivity index (χ1v) is 7.29. The zero-order valence-corrected chi connectivity index (χ0v) is 10.5. The van der Waals surface area contributed by atoms with Crippen molar-refractivity contribution >= 4 is 0 Å². The van der Waals surface area contributed by atoms with Crippen molar-refractivity contribution in [1.82, 2.24) is 10.2 Å². The van der Waals surface area contributed by atoms with E-state index in [-0.39, 0.29) is 0 Å². The van der Waals surface area contributed by atoms with Gasteiger partial charge in [0.05, 0.1) is 0 Å². The quantitative estimate of drug-likeness (QED) is 0.785. The Morgan fingerprint density at radius 3 is 2.50 bits per heavy atom. The average molecular weight is 222 g/mol. The number of hydrogen-bond acceptors (Lipinski definition) is 2. The van der Waals surface area contributed by atoms with Crippen molar-refractivity contribution in [3.63, 3.8) is 0 Å². The van der Waals surface area contributed by atoms with Gasteiger partial charge in [-0.3, -0.25) is 0 Å². The molecule has 1 atom stereocenters. The van der Waals surface area contributed by atoms with Gasteiger partial charge >= 0.3 is 0 Å². The maximum Gasteiger partial charge on any atom is 0.00507 e. The smallest absolute Gasteiger partial charge is 0.00507 e. The third-order valence-electron chi connectivity index (χ3n) is 5.04. The van der Waals surface area contributed by atoms with E-state index in [1.165, 1.54) is 77.7 Å². The minimum absolute atomic E-state index is 0.648. The summed E-state index contributed by atoms with van der Waals surface area (Å²) < 4.78 is 0. The second-order valence-corrected chi connectivity index (χ2v) is 6.41. The Labute approximate surface area is 99.8 Å². The Morgan fingerprint density at radius 2 is 1.94 bits per heavy atom. The largest absolute Gasteiger partial charge is 0.316 e. The van der Waals surface area contributed by atoms with Crippen LogP contribution in [0.5, 0.6) is 0 Å². The molecule has 1 N–H and O–H groups in total. The first kappa shape index (κ1) is 11.0. The van der Waals surface area contributed by atoms with Crippen molar-refractivity contribution in [2.75, 3.05) is 32.7 Å². The molecular weight excluding hydrogens is 196 g/mol. The fourth-order valence-electron chi connectivity index (χ4n) is 3.89. The van der Waals surface area contributed by atoms with Crippen LogP contribution in [0.25, 0.3) is 0 Å². The first-order chi connectivity index (χ1) is 7.86. The summed E-state index contributed by atoms with van der Waals surface area (Å²) in [6.07, 6.45) is 10.3. The van der Waals surface area contributed by atoms with E-state index in [9.17, 15) is 0 Å². The minimum atomic E-state index is 0.648. The summed E-state index contributed by atoms with van der Waals surface area (Å²) in [5.74, 6) is 1.07. The lowest BCUT2D eigenvalue weighted by molar-refractivity contribution is 0.124. The summed E-state index contributed by atoms with van der Waals surface area (Å²) in [4.78, 5) is 2.73. The van der Waals surface area contributed by atoms with Crippen molar-refractivity contribution in [2.24, 2.45) is 11.3 Å². The molecule has 92 valence electrons. The summed E-state index contributed by atoms with van der Waals surface area (Å²) in [6, 6.07) is 0. The number of likely N-dealkylation sites (tertiary alicyclic amines) is 1. The molecule has 16 heavy (non-hydrogen) atoms. The first-order valence-electron chi connectivity index (χ1n) is 7.29. The molecule has 0 radical (unpaired) electrons. The van der Waals surface area contributed by atoms with Gasteiger partial charge in [-0.1, -0.05) is 19.3 Å². The summed E-state index contributed by atoms with van der Waals surface area (Å²) in [5, 5.41) is 3.61. The summed E-state index contributed by atoms with van der Waals surface area (Å²) in [6.45, 7) is 6.68. The molecule has 2 aliphatic heterocycles. The molecule has 1 saturated carbocycles. The zero-order chi connectivity index (χ0) is 10.8. The van der Waals surface area contributed by atoms with E-state index in [4.69, 9.17) is 0 Å². The highest BCUT2D eigenvalue weighted by molar-refractivity contribution is 4.94. The third-order valence-corrected chi connectivity index (χ3v) is 5.04. The number of hydrogen-bond donors (Lipinski definition) is 1. The topological polar surface area (TPSA) is 15.3 Å². The standard InChI is InChI=1S/C14H26N2/c1-2-9-16(8-1)12-14(6-7-15-11-14)10-13-4-3-5-13/h13,15H,1-12H2. The van der Waals surface area contributed by atoms with Crippen molar-refractivity contribution in [3.8, 4) is 0 Å². The van der Waals surface area contributed by atoms with Gasteiger partial charge in [-0.2, -0.15) is 0 Å². The van der Waals surface area contributed by atoms with Gasteiger partial charge in [0.25, 0.3) is 0 Å². The summed E-state index contributed by atoms with van der Waals surface area (Å²) >= 11 is 0. The van der Waals surface area contributed by atoms with Crippen LogP contribution in [0.1, 0.15) is 44.9 Å². The van der Waals surface area contributed by atoms with E-state index in [1.54, 1.807) is 0 Å². The number of rotatable bonds is 4. The van der Waals surface area contributed by atoms with E-state index in [1.807, 2.05) is 0 Å². The van der Waals surface area contributed by atoms with Crippen molar-refractivity contribution in [1.29, 1.82) is 0 Å². The molecule has 2 nitrogen and oxygen atoms in total. The number of nitrogens with one attached hydrogen (secondary N) is 1. The minimum Gasteiger partial charge on any atom is -0.316 e. The van der Waals surface area contributed by atoms with Gasteiger partial charge in [-0.05, 0) is 56.7 Å². The maximum absolute atomic E-state index is 3.61. The second kappa shape index (κ2) is 4.66. The van der Waals surface area contributed by atoms with Crippen molar-refractivity contribution in [3.05, 3.63) is 0 Å². The van der Waals surface area contributed by atoms with Crippen LogP contribution in [0.2, 0.25) is 0 Å². The van der Waals surface area contributed by atoms with Crippen molar-refractivity contribution < 1.29 is 0 Å². The molecule has 0 spiro atoms. The van der Waals surface area contributed by atoms with E-state index < -0.39 is 0 Å². The molecule has 0 aromatic heterocycles. The van der Waals surface area contributed by atoms with Gasteiger partial charge in [-0.25, -0.2) is 0 Å². The Balaban J connectivity index is 1.59. The van der Waals surface area contributed by atoms with Gasteiger partial charge in [-0.15, -0.1) is 0 Å². The number of nitrogens with zero attached hydrogens (tertiary/aromatic N) is 1. The lowest BCUT2D eigenvalue weighted by Crippen LogP contribution is -2.40. The molecular formula is C14H26N2. The fourth-order valence-corrected chi connectivity index (χ4v) is 3.89. The highest BCUT2D eigenvalue weighted by Gasteiger charge is 2.39. The molecule has 3 aliphatic rings. The van der Waals surface area contributed by atoms with E-state index in [0.29, 0.717) is 5.41 Å². The van der Waals surface area contributed by atoms with Crippen LogP contribution < -0.4 is 5.32 Å². The molecule has 0 aromatic carbocycles. The van der Waals surface area contributed by atoms with E-state index >= 15 is 0 Å². The van der Waals surface area contributed by atoms with Gasteiger partial charge in [0.15, 0.2) is 0 Å². The third kappa shape index (κ3) is 2.28. The molecule has 3 rings (SSSR count). The van der Waals surface area contributed by atoms with Crippen LogP contribution in [0.4, 0.5) is 0 Å². The van der Waals surface area contributed by atoms with Gasteiger partial charge < -0.3 is 10.2 Å². The van der Waals surface area contributed by atoms with Gasteiger partial charge in [0, 0.05) is 13.1 Å². The normalized spacial score (nSPS) is 36.8. The van der Waals surface area contributed by atoms with Crippen molar-refractivity contribution in [2.45, 2.75) is 44.9 Å². The van der Waals surface area contributed by atoms with Crippen LogP contribution in [0.3, 0.4) is 0 Å². The Hall–Kier alpha value is -0.0800. The second-order valence-electron chi connectivity index (χ2n) is 6.41. The highest BCUT2D eigenvalue weighted by atomic mass is 15.2. The van der Waals surface area contributed by atoms with Gasteiger partial charge in [0.2, 0.25) is 0 Å². The molecule has 2 heterocycles. The molecule has 0 amide bonds. The molecule has 1 aliphatic carbocycles. The van der Waals surface area contributed by atoms with Gasteiger partial charge in [0.1, 0.15) is 0 Å². The lowest BCUT2D eigenvalue weighted by atomic mass is 9.71. The summed E-state index contributed by atoms with van der Waals surface area (Å²) in [5.41, 5.74) is 0.648. The van der Waals surface area contributed by atoms with Crippen LogP contribution in [-0.4, -0.2) is 37.6 Å². The molecule has 0 bridgehead atoms.